The van der Waals surface area contributed by atoms with E-state index in [0.717, 1.165) is 16.5 Å². The quantitative estimate of drug-likeness (QED) is 0.530. The van der Waals surface area contributed by atoms with Crippen molar-refractivity contribution >= 4 is 39.1 Å². The maximum Gasteiger partial charge on any atom is 0.291 e. The molecule has 0 atom stereocenters. The average Bonchev–Trinajstić information content (AvgIpc) is 3.14. The second kappa shape index (κ2) is 8.68. The van der Waals surface area contributed by atoms with Gasteiger partial charge in [0.05, 0.1) is 0 Å². The van der Waals surface area contributed by atoms with Crippen LogP contribution in [0.3, 0.4) is 0 Å². The van der Waals surface area contributed by atoms with Crippen molar-refractivity contribution in [3.05, 3.63) is 70.9 Å². The first-order valence-electron chi connectivity index (χ1n) is 8.62. The highest BCUT2D eigenvalue weighted by Gasteiger charge is 2.12. The number of carbonyl (C=O) groups is 2. The molecule has 0 fully saturated rings. The minimum atomic E-state index is -0.332. The fraction of sp³-hybridized carbons (Fsp3) is 0.143. The van der Waals surface area contributed by atoms with Gasteiger partial charge in [0.15, 0.2) is 5.76 Å². The summed E-state index contributed by atoms with van der Waals surface area (Å²) in [7, 11) is 0. The summed E-state index contributed by atoms with van der Waals surface area (Å²) >= 11 is 3.39. The van der Waals surface area contributed by atoms with Crippen molar-refractivity contribution < 1.29 is 14.0 Å². The molecule has 0 saturated carbocycles. The molecule has 5 nitrogen and oxygen atoms in total. The smallest absolute Gasteiger partial charge is 0.291 e. The summed E-state index contributed by atoms with van der Waals surface area (Å²) in [6, 6.07) is 18.0. The molecule has 3 aromatic rings. The molecule has 0 spiro atoms. The van der Waals surface area contributed by atoms with Crippen LogP contribution in [0.25, 0.3) is 11.3 Å². The summed E-state index contributed by atoms with van der Waals surface area (Å²) in [4.78, 5) is 24.0. The Hall–Kier alpha value is -2.86. The van der Waals surface area contributed by atoms with Crippen LogP contribution in [0.2, 0.25) is 0 Å². The lowest BCUT2D eigenvalue weighted by Gasteiger charge is -2.07. The van der Waals surface area contributed by atoms with Crippen molar-refractivity contribution in [2.75, 3.05) is 10.6 Å². The van der Waals surface area contributed by atoms with Gasteiger partial charge in [-0.2, -0.15) is 0 Å². The third kappa shape index (κ3) is 5.08. The molecule has 6 heteroatoms. The highest BCUT2D eigenvalue weighted by atomic mass is 79.9. The largest absolute Gasteiger partial charge is 0.451 e. The molecule has 0 aliphatic heterocycles. The standard InChI is InChI=1S/C21H19BrN2O3/c1-2-3-20(25)23-16-8-10-17(11-9-16)24-21(26)19-13-12-18(27-19)14-4-6-15(22)7-5-14/h4-13H,2-3H2,1H3,(H,23,25)(H,24,26). The molecule has 138 valence electrons. The maximum absolute atomic E-state index is 12.4. The Morgan fingerprint density at radius 3 is 2.15 bits per heavy atom. The SMILES string of the molecule is CCCC(=O)Nc1ccc(NC(=O)c2ccc(-c3ccc(Br)cc3)o2)cc1. The van der Waals surface area contributed by atoms with Crippen LogP contribution in [0.4, 0.5) is 11.4 Å². The fourth-order valence-corrected chi connectivity index (χ4v) is 2.77. The summed E-state index contributed by atoms with van der Waals surface area (Å²) in [5.41, 5.74) is 2.21. The lowest BCUT2D eigenvalue weighted by Crippen LogP contribution is -2.12. The number of furan rings is 1. The lowest BCUT2D eigenvalue weighted by molar-refractivity contribution is -0.116. The van der Waals surface area contributed by atoms with Crippen LogP contribution in [0, 0.1) is 0 Å². The number of halogens is 1. The molecule has 0 saturated heterocycles. The van der Waals surface area contributed by atoms with Crippen LogP contribution < -0.4 is 10.6 Å². The highest BCUT2D eigenvalue weighted by Crippen LogP contribution is 2.24. The minimum absolute atomic E-state index is 0.0228. The normalized spacial score (nSPS) is 10.4. The summed E-state index contributed by atoms with van der Waals surface area (Å²) in [5, 5.41) is 5.59. The van der Waals surface area contributed by atoms with Crippen molar-refractivity contribution in [2.24, 2.45) is 0 Å². The van der Waals surface area contributed by atoms with Crippen molar-refractivity contribution in [1.29, 1.82) is 0 Å². The van der Waals surface area contributed by atoms with Crippen molar-refractivity contribution in [1.82, 2.24) is 0 Å². The molecule has 2 amide bonds. The van der Waals surface area contributed by atoms with Gasteiger partial charge in [-0.1, -0.05) is 35.0 Å². The molecule has 0 aliphatic carbocycles. The van der Waals surface area contributed by atoms with E-state index in [0.29, 0.717) is 23.6 Å². The Morgan fingerprint density at radius 2 is 1.52 bits per heavy atom. The zero-order chi connectivity index (χ0) is 19.2. The van der Waals surface area contributed by atoms with Gasteiger partial charge in [-0.05, 0) is 55.0 Å². The summed E-state index contributed by atoms with van der Waals surface area (Å²) < 4.78 is 6.64. The van der Waals surface area contributed by atoms with Gasteiger partial charge in [0, 0.05) is 27.8 Å². The van der Waals surface area contributed by atoms with Crippen LogP contribution in [-0.2, 0) is 4.79 Å². The molecule has 0 radical (unpaired) electrons. The molecule has 1 aromatic heterocycles. The number of nitrogens with one attached hydrogen (secondary N) is 2. The van der Waals surface area contributed by atoms with E-state index in [1.807, 2.05) is 31.2 Å². The lowest BCUT2D eigenvalue weighted by atomic mass is 10.2. The summed E-state index contributed by atoms with van der Waals surface area (Å²) in [5.74, 6) is 0.501. The van der Waals surface area contributed by atoms with Crippen molar-refractivity contribution in [2.45, 2.75) is 19.8 Å². The van der Waals surface area contributed by atoms with Gasteiger partial charge in [0.25, 0.3) is 5.91 Å². The Morgan fingerprint density at radius 1 is 0.889 bits per heavy atom. The van der Waals surface area contributed by atoms with E-state index in [9.17, 15) is 9.59 Å². The van der Waals surface area contributed by atoms with Crippen molar-refractivity contribution in [3.8, 4) is 11.3 Å². The summed E-state index contributed by atoms with van der Waals surface area (Å²) in [6.45, 7) is 1.95. The van der Waals surface area contributed by atoms with E-state index in [4.69, 9.17) is 4.42 Å². The van der Waals surface area contributed by atoms with E-state index in [1.165, 1.54) is 0 Å². The molecule has 2 aromatic carbocycles. The Labute approximate surface area is 165 Å². The Bertz CT molecular complexity index is 931. The molecule has 2 N–H and O–H groups in total. The van der Waals surface area contributed by atoms with E-state index in [1.54, 1.807) is 36.4 Å². The molecule has 0 aliphatic rings. The van der Waals surface area contributed by atoms with Gasteiger partial charge < -0.3 is 15.1 Å². The monoisotopic (exact) mass is 426 g/mol. The number of benzene rings is 2. The Balaban J connectivity index is 1.63. The summed E-state index contributed by atoms with van der Waals surface area (Å²) in [6.07, 6.45) is 1.28. The number of hydrogen-bond acceptors (Lipinski definition) is 3. The third-order valence-electron chi connectivity index (χ3n) is 3.86. The predicted octanol–water partition coefficient (Wildman–Crippen LogP) is 5.70. The van der Waals surface area contributed by atoms with Crippen LogP contribution in [-0.4, -0.2) is 11.8 Å². The molecular formula is C21H19BrN2O3. The zero-order valence-electron chi connectivity index (χ0n) is 14.8. The van der Waals surface area contributed by atoms with Gasteiger partial charge in [-0.25, -0.2) is 0 Å². The number of amides is 2. The number of hydrogen-bond donors (Lipinski definition) is 2. The second-order valence-electron chi connectivity index (χ2n) is 6.00. The number of anilines is 2. The van der Waals surface area contributed by atoms with Crippen LogP contribution in [0.15, 0.2) is 69.6 Å². The van der Waals surface area contributed by atoms with Gasteiger partial charge in [-0.3, -0.25) is 9.59 Å². The zero-order valence-corrected chi connectivity index (χ0v) is 16.4. The molecular weight excluding hydrogens is 408 g/mol. The number of carbonyl (C=O) groups excluding carboxylic acids is 2. The van der Waals surface area contributed by atoms with Gasteiger partial charge in [0.2, 0.25) is 5.91 Å². The molecule has 27 heavy (non-hydrogen) atoms. The minimum Gasteiger partial charge on any atom is -0.451 e. The number of rotatable bonds is 6. The first-order valence-corrected chi connectivity index (χ1v) is 9.41. The first-order chi connectivity index (χ1) is 13.0. The molecule has 3 rings (SSSR count). The molecule has 1 heterocycles. The van der Waals surface area contributed by atoms with E-state index < -0.39 is 0 Å². The highest BCUT2D eigenvalue weighted by molar-refractivity contribution is 9.10. The van der Waals surface area contributed by atoms with E-state index >= 15 is 0 Å². The van der Waals surface area contributed by atoms with E-state index in [2.05, 4.69) is 26.6 Å². The molecule has 0 bridgehead atoms. The topological polar surface area (TPSA) is 71.3 Å². The second-order valence-corrected chi connectivity index (χ2v) is 6.92. The van der Waals surface area contributed by atoms with Gasteiger partial charge in [0.1, 0.15) is 5.76 Å². The molecule has 0 unspecified atom stereocenters. The fourth-order valence-electron chi connectivity index (χ4n) is 2.51. The van der Waals surface area contributed by atoms with Crippen LogP contribution in [0.5, 0.6) is 0 Å². The third-order valence-corrected chi connectivity index (χ3v) is 4.39. The van der Waals surface area contributed by atoms with Gasteiger partial charge in [-0.15, -0.1) is 0 Å². The maximum atomic E-state index is 12.4. The first kappa shape index (κ1) is 18.9. The Kier molecular flexibility index (Phi) is 6.08. The average molecular weight is 427 g/mol. The van der Waals surface area contributed by atoms with E-state index in [-0.39, 0.29) is 17.6 Å². The van der Waals surface area contributed by atoms with Crippen LogP contribution in [0.1, 0.15) is 30.3 Å². The van der Waals surface area contributed by atoms with Crippen LogP contribution >= 0.6 is 15.9 Å². The predicted molar refractivity (Wildman–Crippen MR) is 110 cm³/mol. The van der Waals surface area contributed by atoms with Gasteiger partial charge >= 0.3 is 0 Å². The van der Waals surface area contributed by atoms with Crippen molar-refractivity contribution in [3.63, 3.8) is 0 Å².